The first-order chi connectivity index (χ1) is 27.7. The summed E-state index contributed by atoms with van der Waals surface area (Å²) in [7, 11) is 0. The summed E-state index contributed by atoms with van der Waals surface area (Å²) in [6.07, 6.45) is 0. The van der Waals surface area contributed by atoms with Crippen molar-refractivity contribution in [3.8, 4) is 22.3 Å². The van der Waals surface area contributed by atoms with Crippen LogP contribution in [0.2, 0.25) is 0 Å². The lowest BCUT2D eigenvalue weighted by molar-refractivity contribution is 0.670. The highest BCUT2D eigenvalue weighted by Crippen LogP contribution is 2.46. The van der Waals surface area contributed by atoms with Crippen LogP contribution in [0.1, 0.15) is 0 Å². The van der Waals surface area contributed by atoms with E-state index in [9.17, 15) is 0 Å². The molecule has 0 unspecified atom stereocenters. The Kier molecular flexibility index (Phi) is 6.80. The highest BCUT2D eigenvalue weighted by atomic mass is 32.1. The standard InChI is InChI=1S/C52H31NO2S/c1-2-11-35-31-47-44(30-34(35)10-1)42-17-8-15-39(52(42)55-47)33-24-28-37(29-25-33)53(45-18-9-21-49-50(45)43-13-4-6-20-48(43)56-49)36-26-22-32(23-27-36)38-14-7-16-41-40-12-3-5-19-46(40)54-51(38)41/h1-31H. The maximum Gasteiger partial charge on any atom is 0.143 e. The zero-order valence-corrected chi connectivity index (χ0v) is 30.9. The van der Waals surface area contributed by atoms with Crippen LogP contribution in [0, 0.1) is 0 Å². The number of fused-ring (bicyclic) bond motifs is 10. The van der Waals surface area contributed by atoms with E-state index in [-0.39, 0.29) is 0 Å². The van der Waals surface area contributed by atoms with Crippen molar-refractivity contribution in [2.24, 2.45) is 0 Å². The van der Waals surface area contributed by atoms with E-state index >= 15 is 0 Å². The Morgan fingerprint density at radius 2 is 0.911 bits per heavy atom. The Labute approximate surface area is 325 Å². The number of thiophene rings is 1. The Hall–Kier alpha value is -7.14. The minimum absolute atomic E-state index is 0.905. The summed E-state index contributed by atoms with van der Waals surface area (Å²) in [5.74, 6) is 0. The van der Waals surface area contributed by atoms with Gasteiger partial charge in [0.25, 0.3) is 0 Å². The lowest BCUT2D eigenvalue weighted by Crippen LogP contribution is -2.10. The molecule has 262 valence electrons. The van der Waals surface area contributed by atoms with Crippen molar-refractivity contribution in [1.82, 2.24) is 0 Å². The van der Waals surface area contributed by atoms with Gasteiger partial charge in [-0.25, -0.2) is 0 Å². The second kappa shape index (κ2) is 12.2. The molecule has 0 spiro atoms. The molecular formula is C52H31NO2S. The van der Waals surface area contributed by atoms with Gasteiger partial charge in [0.15, 0.2) is 0 Å². The molecule has 0 aliphatic heterocycles. The highest BCUT2D eigenvalue weighted by Gasteiger charge is 2.20. The predicted molar refractivity (Wildman–Crippen MR) is 237 cm³/mol. The molecule has 0 saturated carbocycles. The molecule has 0 N–H and O–H groups in total. The summed E-state index contributed by atoms with van der Waals surface area (Å²) in [6, 6.07) is 67.2. The Morgan fingerprint density at radius 1 is 0.375 bits per heavy atom. The number of anilines is 3. The zero-order valence-electron chi connectivity index (χ0n) is 30.1. The largest absolute Gasteiger partial charge is 0.455 e. The predicted octanol–water partition coefficient (Wildman–Crippen LogP) is 15.8. The molecule has 12 aromatic rings. The van der Waals surface area contributed by atoms with Crippen molar-refractivity contribution in [2.45, 2.75) is 0 Å². The van der Waals surface area contributed by atoms with E-state index in [1.54, 1.807) is 0 Å². The summed E-state index contributed by atoms with van der Waals surface area (Å²) in [4.78, 5) is 2.39. The minimum atomic E-state index is 0.905. The van der Waals surface area contributed by atoms with Crippen molar-refractivity contribution in [3.63, 3.8) is 0 Å². The van der Waals surface area contributed by atoms with Gasteiger partial charge in [-0.2, -0.15) is 0 Å². The summed E-state index contributed by atoms with van der Waals surface area (Å²) < 4.78 is 15.6. The molecule has 0 amide bonds. The lowest BCUT2D eigenvalue weighted by Gasteiger charge is -2.27. The fourth-order valence-electron chi connectivity index (χ4n) is 8.63. The molecular weight excluding hydrogens is 703 g/mol. The van der Waals surface area contributed by atoms with E-state index in [4.69, 9.17) is 8.83 Å². The third-order valence-electron chi connectivity index (χ3n) is 11.3. The van der Waals surface area contributed by atoms with Crippen LogP contribution >= 0.6 is 11.3 Å². The molecule has 3 heterocycles. The van der Waals surface area contributed by atoms with Crippen molar-refractivity contribution in [2.75, 3.05) is 4.90 Å². The van der Waals surface area contributed by atoms with E-state index < -0.39 is 0 Å². The maximum absolute atomic E-state index is 6.62. The number of rotatable bonds is 5. The molecule has 9 aromatic carbocycles. The quantitative estimate of drug-likeness (QED) is 0.176. The van der Waals surface area contributed by atoms with Gasteiger partial charge < -0.3 is 13.7 Å². The average molecular weight is 734 g/mol. The van der Waals surface area contributed by atoms with Crippen molar-refractivity contribution >= 4 is 103 Å². The first-order valence-electron chi connectivity index (χ1n) is 18.9. The number of hydrogen-bond donors (Lipinski definition) is 0. The molecule has 0 radical (unpaired) electrons. The van der Waals surface area contributed by atoms with E-state index in [0.717, 1.165) is 83.2 Å². The van der Waals surface area contributed by atoms with Gasteiger partial charge in [-0.3, -0.25) is 0 Å². The molecule has 0 atom stereocenters. The molecule has 0 bridgehead atoms. The summed E-state index contributed by atoms with van der Waals surface area (Å²) >= 11 is 1.84. The molecule has 0 aliphatic carbocycles. The van der Waals surface area contributed by atoms with E-state index in [0.29, 0.717) is 0 Å². The topological polar surface area (TPSA) is 29.5 Å². The van der Waals surface area contributed by atoms with E-state index in [2.05, 4.69) is 181 Å². The molecule has 3 aromatic heterocycles. The highest BCUT2D eigenvalue weighted by molar-refractivity contribution is 7.26. The molecule has 4 heteroatoms. The number of hydrogen-bond acceptors (Lipinski definition) is 4. The smallest absolute Gasteiger partial charge is 0.143 e. The van der Waals surface area contributed by atoms with Gasteiger partial charge in [0.1, 0.15) is 22.3 Å². The fourth-order valence-corrected chi connectivity index (χ4v) is 9.76. The molecule has 0 fully saturated rings. The van der Waals surface area contributed by atoms with Gasteiger partial charge in [0, 0.05) is 64.2 Å². The third kappa shape index (κ3) is 4.76. The monoisotopic (exact) mass is 733 g/mol. The van der Waals surface area contributed by atoms with Gasteiger partial charge in [-0.15, -0.1) is 11.3 Å². The molecule has 0 saturated heterocycles. The molecule has 3 nitrogen and oxygen atoms in total. The van der Waals surface area contributed by atoms with Gasteiger partial charge >= 0.3 is 0 Å². The van der Waals surface area contributed by atoms with Gasteiger partial charge in [0.05, 0.1) is 5.69 Å². The summed E-state index contributed by atoms with van der Waals surface area (Å²) in [5.41, 5.74) is 11.3. The Bertz CT molecular complexity index is 3480. The van der Waals surface area contributed by atoms with E-state index in [1.807, 2.05) is 23.5 Å². The van der Waals surface area contributed by atoms with Crippen LogP contribution in [-0.4, -0.2) is 0 Å². The van der Waals surface area contributed by atoms with Crippen molar-refractivity contribution in [1.29, 1.82) is 0 Å². The molecule has 12 rings (SSSR count). The van der Waals surface area contributed by atoms with Crippen LogP contribution in [0.25, 0.3) is 97.1 Å². The average Bonchev–Trinajstić information content (AvgIpc) is 3.95. The normalized spacial score (nSPS) is 11.9. The Morgan fingerprint density at radius 3 is 1.62 bits per heavy atom. The van der Waals surface area contributed by atoms with Crippen molar-refractivity contribution in [3.05, 3.63) is 188 Å². The van der Waals surface area contributed by atoms with Crippen LogP contribution in [0.15, 0.2) is 197 Å². The van der Waals surface area contributed by atoms with Gasteiger partial charge in [-0.05, 0) is 82.6 Å². The van der Waals surface area contributed by atoms with Crippen LogP contribution in [-0.2, 0) is 0 Å². The second-order valence-electron chi connectivity index (χ2n) is 14.4. The molecule has 56 heavy (non-hydrogen) atoms. The number of nitrogens with zero attached hydrogens (tertiary/aromatic N) is 1. The van der Waals surface area contributed by atoms with Gasteiger partial charge in [-0.1, -0.05) is 127 Å². The van der Waals surface area contributed by atoms with Crippen LogP contribution in [0.4, 0.5) is 17.1 Å². The summed E-state index contributed by atoms with van der Waals surface area (Å²) in [6.45, 7) is 0. The van der Waals surface area contributed by atoms with Crippen LogP contribution in [0.5, 0.6) is 0 Å². The number of para-hydroxylation sites is 3. The lowest BCUT2D eigenvalue weighted by atomic mass is 10.00. The minimum Gasteiger partial charge on any atom is -0.455 e. The maximum atomic E-state index is 6.62. The van der Waals surface area contributed by atoms with Gasteiger partial charge in [0.2, 0.25) is 0 Å². The number of benzene rings is 9. The zero-order chi connectivity index (χ0) is 36.7. The fraction of sp³-hybridized carbons (Fsp3) is 0. The van der Waals surface area contributed by atoms with Crippen LogP contribution in [0.3, 0.4) is 0 Å². The van der Waals surface area contributed by atoms with Crippen LogP contribution < -0.4 is 4.90 Å². The SMILES string of the molecule is c1ccc2cc3c(cc2c1)oc1c(-c2ccc(N(c4ccc(-c5cccc6c5oc5ccccc56)cc4)c4cccc5sc6ccccc6c45)cc2)cccc13. The van der Waals surface area contributed by atoms with E-state index in [1.165, 1.54) is 30.9 Å². The molecule has 0 aliphatic rings. The first kappa shape index (κ1) is 31.2. The number of furan rings is 2. The third-order valence-corrected chi connectivity index (χ3v) is 12.4. The Balaban J connectivity index is 1.00. The second-order valence-corrected chi connectivity index (χ2v) is 15.5. The first-order valence-corrected chi connectivity index (χ1v) is 19.7. The summed E-state index contributed by atoms with van der Waals surface area (Å²) in [5, 5.41) is 9.45. The van der Waals surface area contributed by atoms with Crippen molar-refractivity contribution < 1.29 is 8.83 Å².